The molecule has 2 amide bonds. The molecular formula is C22H21BrN2O3. The number of anilines is 1. The maximum absolute atomic E-state index is 12.6. The van der Waals surface area contributed by atoms with E-state index in [0.29, 0.717) is 22.5 Å². The second-order valence-electron chi connectivity index (χ2n) is 7.07. The molecule has 0 radical (unpaired) electrons. The molecule has 6 heteroatoms. The van der Waals surface area contributed by atoms with E-state index in [9.17, 15) is 9.59 Å². The Bertz CT molecular complexity index is 980. The van der Waals surface area contributed by atoms with Crippen molar-refractivity contribution in [1.82, 2.24) is 5.32 Å². The Morgan fingerprint density at radius 3 is 2.39 bits per heavy atom. The third kappa shape index (κ3) is 4.89. The van der Waals surface area contributed by atoms with Crippen molar-refractivity contribution >= 4 is 33.4 Å². The van der Waals surface area contributed by atoms with Gasteiger partial charge in [-0.3, -0.25) is 9.59 Å². The normalized spacial score (nSPS) is 11.1. The molecule has 0 saturated carbocycles. The maximum Gasteiger partial charge on any atom is 0.291 e. The molecule has 0 bridgehead atoms. The van der Waals surface area contributed by atoms with Crippen LogP contribution in [0.15, 0.2) is 75.8 Å². The summed E-state index contributed by atoms with van der Waals surface area (Å²) in [6.45, 7) is 4.66. The van der Waals surface area contributed by atoms with E-state index in [1.165, 1.54) is 0 Å². The number of nitrogens with one attached hydrogen (secondary N) is 2. The molecule has 0 atom stereocenters. The molecule has 0 aliphatic rings. The zero-order chi connectivity index (χ0) is 20.1. The molecule has 0 fully saturated rings. The fraction of sp³-hybridized carbons (Fsp3) is 0.182. The third-order valence-corrected chi connectivity index (χ3v) is 4.85. The fourth-order valence-corrected chi connectivity index (χ4v) is 3.07. The van der Waals surface area contributed by atoms with E-state index >= 15 is 0 Å². The average Bonchev–Trinajstić information content (AvgIpc) is 3.13. The maximum atomic E-state index is 12.6. The van der Waals surface area contributed by atoms with Crippen molar-refractivity contribution in [1.29, 1.82) is 0 Å². The van der Waals surface area contributed by atoms with Crippen molar-refractivity contribution in [3.05, 3.63) is 88.3 Å². The molecule has 28 heavy (non-hydrogen) atoms. The number of benzene rings is 2. The first-order valence-corrected chi connectivity index (χ1v) is 9.65. The Morgan fingerprint density at radius 2 is 1.71 bits per heavy atom. The Labute approximate surface area is 172 Å². The lowest BCUT2D eigenvalue weighted by atomic mass is 9.84. The van der Waals surface area contributed by atoms with Crippen LogP contribution in [-0.4, -0.2) is 18.4 Å². The van der Waals surface area contributed by atoms with Gasteiger partial charge in [0, 0.05) is 23.2 Å². The van der Waals surface area contributed by atoms with Crippen LogP contribution in [0, 0.1) is 0 Å². The van der Waals surface area contributed by atoms with Gasteiger partial charge >= 0.3 is 0 Å². The largest absolute Gasteiger partial charge is 0.444 e. The van der Waals surface area contributed by atoms with E-state index < -0.39 is 0 Å². The minimum atomic E-state index is -0.381. The molecular weight excluding hydrogens is 420 g/mol. The first-order chi connectivity index (χ1) is 13.3. The van der Waals surface area contributed by atoms with Crippen LogP contribution >= 0.6 is 15.9 Å². The zero-order valence-electron chi connectivity index (χ0n) is 15.7. The minimum Gasteiger partial charge on any atom is -0.444 e. The number of hydrogen-bond donors (Lipinski definition) is 2. The highest BCUT2D eigenvalue weighted by Crippen LogP contribution is 2.22. The summed E-state index contributed by atoms with van der Waals surface area (Å²) in [6.07, 6.45) is 0. The molecule has 3 rings (SSSR count). The molecule has 0 saturated heterocycles. The molecule has 0 spiro atoms. The van der Waals surface area contributed by atoms with Gasteiger partial charge in [0.15, 0.2) is 10.4 Å². The van der Waals surface area contributed by atoms with E-state index in [1.54, 1.807) is 36.4 Å². The Hall–Kier alpha value is -2.86. The number of rotatable bonds is 6. The molecule has 0 aliphatic carbocycles. The SMILES string of the molecule is CC(C)(CNC(=O)c1cccc(NC(=O)c2ccc(Br)o2)c1)c1ccccc1. The van der Waals surface area contributed by atoms with E-state index in [4.69, 9.17) is 4.42 Å². The quantitative estimate of drug-likeness (QED) is 0.566. The molecule has 2 aromatic carbocycles. The van der Waals surface area contributed by atoms with Crippen molar-refractivity contribution in [2.24, 2.45) is 0 Å². The van der Waals surface area contributed by atoms with Crippen LogP contribution < -0.4 is 10.6 Å². The topological polar surface area (TPSA) is 71.3 Å². The monoisotopic (exact) mass is 440 g/mol. The van der Waals surface area contributed by atoms with Gasteiger partial charge in [-0.25, -0.2) is 0 Å². The highest BCUT2D eigenvalue weighted by Gasteiger charge is 2.21. The number of carbonyl (C=O) groups excluding carboxylic acids is 2. The molecule has 144 valence electrons. The predicted molar refractivity (Wildman–Crippen MR) is 113 cm³/mol. The van der Waals surface area contributed by atoms with Gasteiger partial charge in [0.1, 0.15) is 0 Å². The summed E-state index contributed by atoms with van der Waals surface area (Å²) in [7, 11) is 0. The summed E-state index contributed by atoms with van der Waals surface area (Å²) < 4.78 is 5.72. The van der Waals surface area contributed by atoms with Gasteiger partial charge < -0.3 is 15.1 Å². The molecule has 5 nitrogen and oxygen atoms in total. The molecule has 0 unspecified atom stereocenters. The molecule has 3 aromatic rings. The van der Waals surface area contributed by atoms with Crippen LogP contribution in [0.3, 0.4) is 0 Å². The van der Waals surface area contributed by atoms with Gasteiger partial charge in [0.2, 0.25) is 0 Å². The summed E-state index contributed by atoms with van der Waals surface area (Å²) in [5.41, 5.74) is 1.95. The first kappa shape index (κ1) is 19.9. The number of hydrogen-bond acceptors (Lipinski definition) is 3. The molecule has 0 aliphatic heterocycles. The summed E-state index contributed by atoms with van der Waals surface area (Å²) in [4.78, 5) is 24.8. The summed E-state index contributed by atoms with van der Waals surface area (Å²) in [5, 5.41) is 5.71. The fourth-order valence-electron chi connectivity index (χ4n) is 2.76. The third-order valence-electron chi connectivity index (χ3n) is 4.43. The van der Waals surface area contributed by atoms with Crippen LogP contribution in [0.1, 0.15) is 40.3 Å². The summed E-state index contributed by atoms with van der Waals surface area (Å²) in [5.74, 6) is -0.388. The van der Waals surface area contributed by atoms with E-state index in [0.717, 1.165) is 5.56 Å². The van der Waals surface area contributed by atoms with Gasteiger partial charge in [0.25, 0.3) is 11.8 Å². The van der Waals surface area contributed by atoms with Crippen LogP contribution in [-0.2, 0) is 5.41 Å². The zero-order valence-corrected chi connectivity index (χ0v) is 17.2. The van der Waals surface area contributed by atoms with Gasteiger partial charge in [-0.1, -0.05) is 50.2 Å². The summed E-state index contributed by atoms with van der Waals surface area (Å²) >= 11 is 3.17. The second kappa shape index (κ2) is 8.44. The highest BCUT2D eigenvalue weighted by atomic mass is 79.9. The van der Waals surface area contributed by atoms with Crippen LogP contribution in [0.4, 0.5) is 5.69 Å². The van der Waals surface area contributed by atoms with Gasteiger partial charge in [0.05, 0.1) is 0 Å². The Kier molecular flexibility index (Phi) is 5.99. The van der Waals surface area contributed by atoms with Gasteiger partial charge in [-0.2, -0.15) is 0 Å². The van der Waals surface area contributed by atoms with Crippen LogP contribution in [0.25, 0.3) is 0 Å². The molecule has 1 heterocycles. The van der Waals surface area contributed by atoms with E-state index in [1.807, 2.05) is 18.2 Å². The number of amides is 2. The Morgan fingerprint density at radius 1 is 0.964 bits per heavy atom. The average molecular weight is 441 g/mol. The number of halogens is 1. The van der Waals surface area contributed by atoms with Crippen molar-refractivity contribution < 1.29 is 14.0 Å². The van der Waals surface area contributed by atoms with Crippen molar-refractivity contribution in [2.75, 3.05) is 11.9 Å². The number of carbonyl (C=O) groups is 2. The lowest BCUT2D eigenvalue weighted by Gasteiger charge is -2.25. The lowest BCUT2D eigenvalue weighted by molar-refractivity contribution is 0.0944. The van der Waals surface area contributed by atoms with E-state index in [-0.39, 0.29) is 23.0 Å². The molecule has 2 N–H and O–H groups in total. The minimum absolute atomic E-state index is 0.186. The Balaban J connectivity index is 1.64. The second-order valence-corrected chi connectivity index (χ2v) is 7.85. The molecule has 1 aromatic heterocycles. The van der Waals surface area contributed by atoms with Gasteiger partial charge in [-0.15, -0.1) is 0 Å². The smallest absolute Gasteiger partial charge is 0.291 e. The predicted octanol–water partition coefficient (Wildman–Crippen LogP) is 5.00. The van der Waals surface area contributed by atoms with Crippen molar-refractivity contribution in [3.63, 3.8) is 0 Å². The lowest BCUT2D eigenvalue weighted by Crippen LogP contribution is -2.36. The van der Waals surface area contributed by atoms with Crippen LogP contribution in [0.5, 0.6) is 0 Å². The van der Waals surface area contributed by atoms with Crippen molar-refractivity contribution in [2.45, 2.75) is 19.3 Å². The first-order valence-electron chi connectivity index (χ1n) is 8.86. The van der Waals surface area contributed by atoms with E-state index in [2.05, 4.69) is 52.5 Å². The van der Waals surface area contributed by atoms with Crippen LogP contribution in [0.2, 0.25) is 0 Å². The standard InChI is InChI=1S/C22H21BrN2O3/c1-22(2,16-8-4-3-5-9-16)14-24-20(26)15-7-6-10-17(13-15)25-21(27)18-11-12-19(23)28-18/h3-13H,14H2,1-2H3,(H,24,26)(H,25,27). The van der Waals surface area contributed by atoms with Crippen molar-refractivity contribution in [3.8, 4) is 0 Å². The highest BCUT2D eigenvalue weighted by molar-refractivity contribution is 9.10. The summed E-state index contributed by atoms with van der Waals surface area (Å²) in [6, 6.07) is 20.1. The van der Waals surface area contributed by atoms with Gasteiger partial charge in [-0.05, 0) is 51.8 Å². The number of furan rings is 1.